The van der Waals surface area contributed by atoms with E-state index in [0.29, 0.717) is 42.7 Å². The number of aryl methyl sites for hydroxylation is 2. The van der Waals surface area contributed by atoms with Crippen LogP contribution < -0.4 is 20.1 Å². The van der Waals surface area contributed by atoms with Gasteiger partial charge in [0.05, 0.1) is 16.8 Å². The van der Waals surface area contributed by atoms with Crippen LogP contribution in [0.25, 0.3) is 11.0 Å². The molecule has 1 aromatic carbocycles. The fourth-order valence-electron chi connectivity index (χ4n) is 7.04. The van der Waals surface area contributed by atoms with Gasteiger partial charge >= 0.3 is 0 Å². The topological polar surface area (TPSA) is 203 Å². The number of fused-ring (bicyclic) bond motifs is 3. The van der Waals surface area contributed by atoms with Gasteiger partial charge in [-0.05, 0) is 71.4 Å². The SMILES string of the molecule is Cc1cc(C(=O)NC2CCCCCC=CC3CC3(C(=O)NS(=O)(=O)C3(C)CC3)NC(=O)C3CC(Oc4nc5c(F)cccc5nc4C)CN3C2=O)no1. The van der Waals surface area contributed by atoms with Crippen molar-refractivity contribution in [2.45, 2.75) is 107 Å². The number of hydrogen-bond acceptors (Lipinski definition) is 11. The lowest BCUT2D eigenvalue weighted by molar-refractivity contribution is -0.141. The fourth-order valence-corrected chi connectivity index (χ4v) is 8.35. The molecule has 15 nitrogen and oxygen atoms in total. The summed E-state index contributed by atoms with van der Waals surface area (Å²) in [6, 6.07) is 3.60. The Hall–Kier alpha value is -4.93. The summed E-state index contributed by atoms with van der Waals surface area (Å²) in [6.45, 7) is 4.74. The van der Waals surface area contributed by atoms with Crippen molar-refractivity contribution in [2.75, 3.05) is 6.54 Å². The average molecular weight is 752 g/mol. The number of nitrogens with zero attached hydrogens (tertiary/aromatic N) is 4. The van der Waals surface area contributed by atoms with Crippen LogP contribution in [0.4, 0.5) is 4.39 Å². The zero-order valence-corrected chi connectivity index (χ0v) is 30.5. The van der Waals surface area contributed by atoms with Crippen LogP contribution in [0.5, 0.6) is 5.88 Å². The summed E-state index contributed by atoms with van der Waals surface area (Å²) in [4.78, 5) is 65.9. The Labute approximate surface area is 305 Å². The number of amides is 4. The molecule has 4 aliphatic rings. The van der Waals surface area contributed by atoms with Crippen LogP contribution in [0.2, 0.25) is 0 Å². The van der Waals surface area contributed by atoms with Crippen molar-refractivity contribution in [1.29, 1.82) is 0 Å². The molecule has 17 heteroatoms. The lowest BCUT2D eigenvalue weighted by Gasteiger charge is -2.30. The van der Waals surface area contributed by atoms with Crippen LogP contribution in [0, 0.1) is 25.6 Å². The first-order chi connectivity index (χ1) is 25.2. The molecule has 53 heavy (non-hydrogen) atoms. The standard InChI is InChI=1S/C36H42FN7O8S/c1-20-16-27(42-52-20)30(45)39-26-12-8-6-4-5-7-10-22-18-36(22,34(48)43-53(49,50)35(3)14-15-35)41-31(46)28-17-23(19-44(28)33(26)47)51-32-21(2)38-25-13-9-11-24(37)29(25)40-32/h7,9-11,13,16,22-23,26,28H,4-6,8,12,14-15,17-19H2,1-3H3,(H,39,45)(H,41,46)(H,43,48). The minimum absolute atomic E-state index is 0.00331. The minimum Gasteiger partial charge on any atom is -0.471 e. The Bertz CT molecular complexity index is 2120. The second-order valence-corrected chi connectivity index (χ2v) is 17.0. The van der Waals surface area contributed by atoms with Gasteiger partial charge in [0, 0.05) is 18.4 Å². The summed E-state index contributed by atoms with van der Waals surface area (Å²) in [5, 5.41) is 9.38. The quantitative estimate of drug-likeness (QED) is 0.300. The van der Waals surface area contributed by atoms with Crippen LogP contribution in [0.15, 0.2) is 40.9 Å². The van der Waals surface area contributed by atoms with Crippen LogP contribution in [0.1, 0.15) is 86.7 Å². The molecular formula is C36H42FN7O8S. The van der Waals surface area contributed by atoms with Crippen LogP contribution in [0.3, 0.4) is 0 Å². The number of carbonyl (C=O) groups is 4. The number of ether oxygens (including phenoxy) is 1. The maximum Gasteiger partial charge on any atom is 0.274 e. The maximum atomic E-state index is 14.7. The summed E-state index contributed by atoms with van der Waals surface area (Å²) in [7, 11) is -4.01. The van der Waals surface area contributed by atoms with Gasteiger partial charge in [-0.1, -0.05) is 36.2 Å². The summed E-state index contributed by atoms with van der Waals surface area (Å²) in [6.07, 6.45) is 6.87. The van der Waals surface area contributed by atoms with Crippen molar-refractivity contribution in [3.05, 3.63) is 59.4 Å². The average Bonchev–Trinajstić information content (AvgIpc) is 3.91. The van der Waals surface area contributed by atoms with Crippen LogP contribution in [-0.4, -0.2) is 87.1 Å². The molecular weight excluding hydrogens is 710 g/mol. The van der Waals surface area contributed by atoms with Gasteiger partial charge in [-0.2, -0.15) is 0 Å². The minimum atomic E-state index is -4.01. The molecule has 1 saturated heterocycles. The Morgan fingerprint density at radius 2 is 1.92 bits per heavy atom. The Balaban J connectivity index is 1.20. The Morgan fingerprint density at radius 3 is 2.66 bits per heavy atom. The van der Waals surface area contributed by atoms with Crippen LogP contribution in [-0.2, 0) is 24.4 Å². The van der Waals surface area contributed by atoms with E-state index < -0.39 is 73.9 Å². The first-order valence-corrected chi connectivity index (χ1v) is 19.4. The van der Waals surface area contributed by atoms with E-state index >= 15 is 0 Å². The molecule has 3 fully saturated rings. The highest BCUT2D eigenvalue weighted by molar-refractivity contribution is 7.91. The van der Waals surface area contributed by atoms with E-state index in [-0.39, 0.29) is 42.9 Å². The molecule has 4 amide bonds. The molecule has 2 aliphatic carbocycles. The van der Waals surface area contributed by atoms with Gasteiger partial charge in [0.25, 0.3) is 11.8 Å². The number of carbonyl (C=O) groups excluding carboxylic acids is 4. The number of sulfonamides is 1. The third kappa shape index (κ3) is 7.22. The summed E-state index contributed by atoms with van der Waals surface area (Å²) in [5.41, 5.74) is -0.871. The Kier molecular flexibility index (Phi) is 9.49. The van der Waals surface area contributed by atoms with Gasteiger partial charge in [0.1, 0.15) is 40.7 Å². The number of allylic oxidation sites excluding steroid dienone is 1. The number of halogens is 1. The van der Waals surface area contributed by atoms with E-state index in [1.54, 1.807) is 26.8 Å². The molecule has 282 valence electrons. The second-order valence-electron chi connectivity index (χ2n) is 14.8. The third-order valence-electron chi connectivity index (χ3n) is 10.7. The monoisotopic (exact) mass is 751 g/mol. The molecule has 5 unspecified atom stereocenters. The predicted molar refractivity (Wildman–Crippen MR) is 187 cm³/mol. The van der Waals surface area contributed by atoms with Crippen molar-refractivity contribution in [1.82, 2.24) is 35.4 Å². The molecule has 2 saturated carbocycles. The van der Waals surface area contributed by atoms with Crippen molar-refractivity contribution in [3.63, 3.8) is 0 Å². The third-order valence-corrected chi connectivity index (χ3v) is 12.9. The molecule has 2 aliphatic heterocycles. The normalized spacial score (nSPS) is 27.1. The molecule has 7 rings (SSSR count). The number of aromatic nitrogens is 3. The van der Waals surface area contributed by atoms with Crippen LogP contribution >= 0.6 is 0 Å². The molecule has 5 atom stereocenters. The first kappa shape index (κ1) is 36.4. The summed E-state index contributed by atoms with van der Waals surface area (Å²) < 4.78 is 53.3. The van der Waals surface area contributed by atoms with Crippen molar-refractivity contribution < 1.29 is 41.2 Å². The second kappa shape index (κ2) is 13.8. The van der Waals surface area contributed by atoms with Gasteiger partial charge in [0.15, 0.2) is 11.5 Å². The Morgan fingerprint density at radius 1 is 1.13 bits per heavy atom. The highest BCUT2D eigenvalue weighted by Gasteiger charge is 2.63. The molecule has 0 radical (unpaired) electrons. The first-order valence-electron chi connectivity index (χ1n) is 17.9. The zero-order chi connectivity index (χ0) is 37.7. The van der Waals surface area contributed by atoms with E-state index in [2.05, 4.69) is 30.5 Å². The smallest absolute Gasteiger partial charge is 0.274 e. The van der Waals surface area contributed by atoms with E-state index in [4.69, 9.17) is 9.26 Å². The lowest BCUT2D eigenvalue weighted by atomic mass is 10.0. The van der Waals surface area contributed by atoms with Gasteiger partial charge < -0.3 is 24.8 Å². The number of benzene rings is 1. The fraction of sp³-hybridized carbons (Fsp3) is 0.528. The highest BCUT2D eigenvalue weighted by atomic mass is 32.2. The number of para-hydroxylation sites is 1. The maximum absolute atomic E-state index is 14.7. The summed E-state index contributed by atoms with van der Waals surface area (Å²) in [5.74, 6) is -3.33. The zero-order valence-electron chi connectivity index (χ0n) is 29.7. The van der Waals surface area contributed by atoms with E-state index in [9.17, 15) is 32.0 Å². The lowest BCUT2D eigenvalue weighted by Crippen LogP contribution is -2.58. The number of rotatable bonds is 7. The van der Waals surface area contributed by atoms with Gasteiger partial charge in [0.2, 0.25) is 27.7 Å². The molecule has 3 aromatic rings. The van der Waals surface area contributed by atoms with E-state index in [0.717, 1.165) is 12.8 Å². The highest BCUT2D eigenvalue weighted by Crippen LogP contribution is 2.47. The predicted octanol–water partition coefficient (Wildman–Crippen LogP) is 2.91. The summed E-state index contributed by atoms with van der Waals surface area (Å²) >= 11 is 0. The molecule has 2 aromatic heterocycles. The van der Waals surface area contributed by atoms with Crippen molar-refractivity contribution in [3.8, 4) is 5.88 Å². The number of hydrogen-bond donors (Lipinski definition) is 3. The largest absolute Gasteiger partial charge is 0.471 e. The van der Waals surface area contributed by atoms with Gasteiger partial charge in [-0.25, -0.2) is 22.8 Å². The van der Waals surface area contributed by atoms with Crippen molar-refractivity contribution in [2.24, 2.45) is 5.92 Å². The van der Waals surface area contributed by atoms with E-state index in [1.807, 2.05) is 12.2 Å². The van der Waals surface area contributed by atoms with Gasteiger partial charge in [-0.3, -0.25) is 23.9 Å². The molecule has 4 heterocycles. The molecule has 0 spiro atoms. The van der Waals surface area contributed by atoms with Gasteiger partial charge in [-0.15, -0.1) is 0 Å². The van der Waals surface area contributed by atoms with E-state index in [1.165, 1.54) is 23.1 Å². The molecule has 3 N–H and O–H groups in total. The number of nitrogens with one attached hydrogen (secondary N) is 3. The molecule has 0 bridgehead atoms. The van der Waals surface area contributed by atoms with Crippen molar-refractivity contribution >= 4 is 44.7 Å².